The van der Waals surface area contributed by atoms with Crippen LogP contribution in [0.5, 0.6) is 0 Å². The largest absolute Gasteiger partial charge is 0.480 e. The molecule has 0 aliphatic carbocycles. The lowest BCUT2D eigenvalue weighted by atomic mass is 9.92. The number of rotatable bonds is 6. The molecule has 0 aliphatic heterocycles. The number of carbonyl (C=O) groups is 2. The lowest BCUT2D eigenvalue weighted by Gasteiger charge is -2.16. The number of aromatic nitrogens is 1. The fourth-order valence-electron chi connectivity index (χ4n) is 2.96. The van der Waals surface area contributed by atoms with Crippen LogP contribution in [0.3, 0.4) is 0 Å². The summed E-state index contributed by atoms with van der Waals surface area (Å²) in [5.41, 5.74) is 1.80. The first-order chi connectivity index (χ1) is 12.6. The smallest absolute Gasteiger partial charge is 0.317 e. The first kappa shape index (κ1) is 17.4. The molecular weight excluding hydrogens is 330 g/mol. The van der Waals surface area contributed by atoms with Crippen molar-refractivity contribution < 1.29 is 19.8 Å². The minimum absolute atomic E-state index is 0.309. The molecule has 5 heteroatoms. The number of hydrogen-bond acceptors (Lipinski definition) is 3. The summed E-state index contributed by atoms with van der Waals surface area (Å²) in [7, 11) is 0. The zero-order valence-corrected chi connectivity index (χ0v) is 13.8. The Morgan fingerprint density at radius 1 is 0.615 bits per heavy atom. The standard InChI is InChI=1S/C21H17NO4/c23-20(24)18(14-8-3-1-4-9-14)16-12-7-13-17(22-16)19(21(25)26)15-10-5-2-6-11-15/h1-13,18-19H,(H,23,24)(H,25,26)/t18-,19+. The number of benzene rings is 2. The number of aliphatic carboxylic acids is 2. The van der Waals surface area contributed by atoms with E-state index in [9.17, 15) is 19.8 Å². The second-order valence-corrected chi connectivity index (χ2v) is 5.85. The van der Waals surface area contributed by atoms with Gasteiger partial charge in [0.1, 0.15) is 11.8 Å². The molecule has 1 aromatic heterocycles. The average molecular weight is 347 g/mol. The quantitative estimate of drug-likeness (QED) is 0.712. The summed E-state index contributed by atoms with van der Waals surface area (Å²) in [6.07, 6.45) is 0. The Morgan fingerprint density at radius 3 is 1.35 bits per heavy atom. The molecule has 3 aromatic rings. The normalized spacial score (nSPS) is 12.9. The highest BCUT2D eigenvalue weighted by Crippen LogP contribution is 2.28. The lowest BCUT2D eigenvalue weighted by Crippen LogP contribution is -2.18. The van der Waals surface area contributed by atoms with E-state index >= 15 is 0 Å². The molecule has 0 fully saturated rings. The molecular formula is C21H17NO4. The Morgan fingerprint density at radius 2 is 1.00 bits per heavy atom. The lowest BCUT2D eigenvalue weighted by molar-refractivity contribution is -0.138. The van der Waals surface area contributed by atoms with Crippen LogP contribution in [0.1, 0.15) is 34.4 Å². The van der Waals surface area contributed by atoms with E-state index in [0.717, 1.165) is 0 Å². The third kappa shape index (κ3) is 3.62. The molecule has 5 nitrogen and oxygen atoms in total. The third-order valence-electron chi connectivity index (χ3n) is 4.14. The topological polar surface area (TPSA) is 87.5 Å². The van der Waals surface area contributed by atoms with Crippen LogP contribution < -0.4 is 0 Å². The zero-order chi connectivity index (χ0) is 18.5. The number of carboxylic acids is 2. The SMILES string of the molecule is O=C(O)[C@H](c1ccccc1)c1cccc([C@@H](C(=O)O)c2ccccc2)n1. The Kier molecular flexibility index (Phi) is 5.08. The first-order valence-electron chi connectivity index (χ1n) is 8.10. The van der Waals surface area contributed by atoms with E-state index in [-0.39, 0.29) is 0 Å². The van der Waals surface area contributed by atoms with Crippen LogP contribution in [-0.2, 0) is 9.59 Å². The van der Waals surface area contributed by atoms with Gasteiger partial charge in [-0.05, 0) is 23.3 Å². The van der Waals surface area contributed by atoms with Gasteiger partial charge in [-0.1, -0.05) is 66.7 Å². The van der Waals surface area contributed by atoms with Crippen molar-refractivity contribution >= 4 is 11.9 Å². The Labute approximate surface area is 150 Å². The predicted octanol–water partition coefficient (Wildman–Crippen LogP) is 3.51. The van der Waals surface area contributed by atoms with Crippen LogP contribution in [0.4, 0.5) is 0 Å². The van der Waals surface area contributed by atoms with Crippen LogP contribution in [0, 0.1) is 0 Å². The maximum Gasteiger partial charge on any atom is 0.317 e. The fourth-order valence-corrected chi connectivity index (χ4v) is 2.96. The minimum Gasteiger partial charge on any atom is -0.480 e. The van der Waals surface area contributed by atoms with Gasteiger partial charge in [0.25, 0.3) is 0 Å². The van der Waals surface area contributed by atoms with Crippen LogP contribution in [-0.4, -0.2) is 27.1 Å². The minimum atomic E-state index is -1.03. The van der Waals surface area contributed by atoms with E-state index in [0.29, 0.717) is 22.5 Å². The summed E-state index contributed by atoms with van der Waals surface area (Å²) in [6.45, 7) is 0. The van der Waals surface area contributed by atoms with Gasteiger partial charge in [0.15, 0.2) is 0 Å². The van der Waals surface area contributed by atoms with Gasteiger partial charge in [-0.15, -0.1) is 0 Å². The van der Waals surface area contributed by atoms with Crippen molar-refractivity contribution in [3.05, 3.63) is 101 Å². The molecule has 2 aromatic carbocycles. The molecule has 0 amide bonds. The van der Waals surface area contributed by atoms with Crippen molar-refractivity contribution in [3.63, 3.8) is 0 Å². The maximum atomic E-state index is 11.8. The first-order valence-corrected chi connectivity index (χ1v) is 8.10. The molecule has 0 aliphatic rings. The molecule has 130 valence electrons. The molecule has 0 radical (unpaired) electrons. The second-order valence-electron chi connectivity index (χ2n) is 5.85. The highest BCUT2D eigenvalue weighted by atomic mass is 16.4. The molecule has 1 heterocycles. The van der Waals surface area contributed by atoms with Crippen LogP contribution in [0.15, 0.2) is 78.9 Å². The van der Waals surface area contributed by atoms with E-state index in [1.165, 1.54) is 0 Å². The Bertz CT molecular complexity index is 837. The van der Waals surface area contributed by atoms with Crippen LogP contribution in [0.2, 0.25) is 0 Å². The van der Waals surface area contributed by atoms with Crippen molar-refractivity contribution in [2.45, 2.75) is 11.8 Å². The van der Waals surface area contributed by atoms with Gasteiger partial charge in [0.05, 0.1) is 11.4 Å². The van der Waals surface area contributed by atoms with Gasteiger partial charge in [0, 0.05) is 0 Å². The number of pyridine rings is 1. The summed E-state index contributed by atoms with van der Waals surface area (Å²) in [5.74, 6) is -3.98. The van der Waals surface area contributed by atoms with Gasteiger partial charge in [-0.25, -0.2) is 0 Å². The van der Waals surface area contributed by atoms with Crippen molar-refractivity contribution in [3.8, 4) is 0 Å². The summed E-state index contributed by atoms with van der Waals surface area (Å²) >= 11 is 0. The van der Waals surface area contributed by atoms with Crippen LogP contribution >= 0.6 is 0 Å². The average Bonchev–Trinajstić information content (AvgIpc) is 2.64. The number of nitrogens with zero attached hydrogens (tertiary/aromatic N) is 1. The fraction of sp³-hybridized carbons (Fsp3) is 0.0952. The van der Waals surface area contributed by atoms with Gasteiger partial charge in [-0.2, -0.15) is 0 Å². The molecule has 2 atom stereocenters. The highest BCUT2D eigenvalue weighted by Gasteiger charge is 2.27. The summed E-state index contributed by atoms with van der Waals surface area (Å²) in [6, 6.07) is 22.4. The molecule has 0 spiro atoms. The van der Waals surface area contributed by atoms with Gasteiger partial charge >= 0.3 is 11.9 Å². The van der Waals surface area contributed by atoms with E-state index in [2.05, 4.69) is 4.98 Å². The molecule has 0 unspecified atom stereocenters. The Balaban J connectivity index is 2.06. The van der Waals surface area contributed by atoms with Crippen molar-refractivity contribution in [1.29, 1.82) is 0 Å². The number of carboxylic acid groups (broad SMARTS) is 2. The highest BCUT2D eigenvalue weighted by molar-refractivity contribution is 5.81. The molecule has 0 saturated carbocycles. The van der Waals surface area contributed by atoms with E-state index in [4.69, 9.17) is 0 Å². The zero-order valence-electron chi connectivity index (χ0n) is 13.8. The van der Waals surface area contributed by atoms with Gasteiger partial charge in [0.2, 0.25) is 0 Å². The molecule has 0 bridgehead atoms. The van der Waals surface area contributed by atoms with E-state index < -0.39 is 23.8 Å². The van der Waals surface area contributed by atoms with Gasteiger partial charge < -0.3 is 10.2 Å². The summed E-state index contributed by atoms with van der Waals surface area (Å²) in [4.78, 5) is 28.1. The summed E-state index contributed by atoms with van der Waals surface area (Å²) < 4.78 is 0. The Hall–Kier alpha value is -3.47. The number of hydrogen-bond donors (Lipinski definition) is 2. The van der Waals surface area contributed by atoms with Crippen molar-refractivity contribution in [1.82, 2.24) is 4.98 Å². The second kappa shape index (κ2) is 7.61. The van der Waals surface area contributed by atoms with Crippen LogP contribution in [0.25, 0.3) is 0 Å². The van der Waals surface area contributed by atoms with Crippen molar-refractivity contribution in [2.75, 3.05) is 0 Å². The molecule has 26 heavy (non-hydrogen) atoms. The molecule has 0 saturated heterocycles. The third-order valence-corrected chi connectivity index (χ3v) is 4.14. The summed E-state index contributed by atoms with van der Waals surface area (Å²) in [5, 5.41) is 19.4. The predicted molar refractivity (Wildman–Crippen MR) is 96.1 cm³/mol. The molecule has 3 rings (SSSR count). The van der Waals surface area contributed by atoms with Gasteiger partial charge in [-0.3, -0.25) is 14.6 Å². The van der Waals surface area contributed by atoms with E-state index in [1.54, 1.807) is 66.7 Å². The molecule has 2 N–H and O–H groups in total. The maximum absolute atomic E-state index is 11.8. The van der Waals surface area contributed by atoms with Crippen molar-refractivity contribution in [2.24, 2.45) is 0 Å². The monoisotopic (exact) mass is 347 g/mol. The van der Waals surface area contributed by atoms with E-state index in [1.807, 2.05) is 12.1 Å².